The number of nitrogens with zero attached hydrogens (tertiary/aromatic N) is 4. The smallest absolute Gasteiger partial charge is 0.288 e. The first-order chi connectivity index (χ1) is 9.83. The highest BCUT2D eigenvalue weighted by atomic mass is 16.3. The van der Waals surface area contributed by atoms with Gasteiger partial charge in [0.15, 0.2) is 6.39 Å². The molecule has 0 aliphatic carbocycles. The third kappa shape index (κ3) is 2.76. The topological polar surface area (TPSA) is 84.2 Å². The fraction of sp³-hybridized carbons (Fsp3) is 0.385. The molecule has 1 N–H and O–H groups in total. The number of piperidine rings is 1. The van der Waals surface area contributed by atoms with Gasteiger partial charge in [-0.1, -0.05) is 0 Å². The van der Waals surface area contributed by atoms with Crippen LogP contribution in [0.5, 0.6) is 0 Å². The fourth-order valence-electron chi connectivity index (χ4n) is 2.34. The van der Waals surface area contributed by atoms with Gasteiger partial charge in [-0.25, -0.2) is 9.97 Å². The van der Waals surface area contributed by atoms with Gasteiger partial charge in [-0.2, -0.15) is 0 Å². The summed E-state index contributed by atoms with van der Waals surface area (Å²) in [4.78, 5) is 26.2. The number of rotatable bonds is 3. The van der Waals surface area contributed by atoms with Crippen LogP contribution >= 0.6 is 0 Å². The number of hydrogen-bond donors (Lipinski definition) is 1. The van der Waals surface area contributed by atoms with E-state index in [1.165, 1.54) is 12.6 Å². The SMILES string of the molecule is O=C(N[C@@H]1CCCN(c2cnccn2)C1)c1cnco1. The summed E-state index contributed by atoms with van der Waals surface area (Å²) in [5, 5.41) is 2.96. The van der Waals surface area contributed by atoms with E-state index in [9.17, 15) is 4.79 Å². The highest BCUT2D eigenvalue weighted by Crippen LogP contribution is 2.16. The van der Waals surface area contributed by atoms with E-state index in [2.05, 4.69) is 25.2 Å². The molecule has 1 atom stereocenters. The molecule has 1 aliphatic heterocycles. The number of aromatic nitrogens is 3. The van der Waals surface area contributed by atoms with Crippen molar-refractivity contribution in [2.24, 2.45) is 0 Å². The molecule has 3 rings (SSSR count). The molecular formula is C13H15N5O2. The summed E-state index contributed by atoms with van der Waals surface area (Å²) in [5.41, 5.74) is 0. The number of amides is 1. The molecule has 104 valence electrons. The second-order valence-electron chi connectivity index (χ2n) is 4.69. The molecule has 7 nitrogen and oxygen atoms in total. The molecule has 0 spiro atoms. The maximum atomic E-state index is 11.9. The highest BCUT2D eigenvalue weighted by Gasteiger charge is 2.23. The van der Waals surface area contributed by atoms with Crippen LogP contribution in [0.4, 0.5) is 5.82 Å². The molecule has 20 heavy (non-hydrogen) atoms. The van der Waals surface area contributed by atoms with Crippen LogP contribution in [-0.2, 0) is 0 Å². The summed E-state index contributed by atoms with van der Waals surface area (Å²) in [5.74, 6) is 0.848. The molecule has 2 aromatic heterocycles. The maximum Gasteiger partial charge on any atom is 0.288 e. The summed E-state index contributed by atoms with van der Waals surface area (Å²) in [6.45, 7) is 1.64. The van der Waals surface area contributed by atoms with Crippen molar-refractivity contribution < 1.29 is 9.21 Å². The van der Waals surface area contributed by atoms with E-state index < -0.39 is 0 Å². The van der Waals surface area contributed by atoms with Gasteiger partial charge in [0.2, 0.25) is 5.76 Å². The van der Waals surface area contributed by atoms with Crippen LogP contribution in [-0.4, -0.2) is 40.0 Å². The molecule has 0 radical (unpaired) electrons. The van der Waals surface area contributed by atoms with Gasteiger partial charge in [0.05, 0.1) is 12.4 Å². The molecule has 1 fully saturated rings. The third-order valence-electron chi connectivity index (χ3n) is 3.29. The second kappa shape index (κ2) is 5.68. The minimum absolute atomic E-state index is 0.0726. The number of carbonyl (C=O) groups is 1. The monoisotopic (exact) mass is 273 g/mol. The van der Waals surface area contributed by atoms with Crippen LogP contribution in [0.1, 0.15) is 23.4 Å². The number of carbonyl (C=O) groups excluding carboxylic acids is 1. The lowest BCUT2D eigenvalue weighted by Gasteiger charge is -2.33. The lowest BCUT2D eigenvalue weighted by Crippen LogP contribution is -2.48. The standard InChI is InChI=1S/C13H15N5O2/c19-13(11-6-15-9-20-11)17-10-2-1-5-18(8-10)12-7-14-3-4-16-12/h3-4,6-7,9-10H,1-2,5,8H2,(H,17,19)/t10-/m1/s1. The molecule has 1 saturated heterocycles. The van der Waals surface area contributed by atoms with Crippen LogP contribution in [0, 0.1) is 0 Å². The average molecular weight is 273 g/mol. The zero-order valence-corrected chi connectivity index (χ0v) is 10.9. The largest absolute Gasteiger partial charge is 0.438 e. The van der Waals surface area contributed by atoms with Gasteiger partial charge in [0, 0.05) is 31.5 Å². The summed E-state index contributed by atoms with van der Waals surface area (Å²) < 4.78 is 4.99. The Balaban J connectivity index is 1.62. The van der Waals surface area contributed by atoms with Gasteiger partial charge >= 0.3 is 0 Å². The van der Waals surface area contributed by atoms with E-state index >= 15 is 0 Å². The van der Waals surface area contributed by atoms with Gasteiger partial charge in [0.1, 0.15) is 5.82 Å². The summed E-state index contributed by atoms with van der Waals surface area (Å²) >= 11 is 0. The minimum atomic E-state index is -0.228. The van der Waals surface area contributed by atoms with Crippen molar-refractivity contribution in [1.29, 1.82) is 0 Å². The second-order valence-corrected chi connectivity index (χ2v) is 4.69. The lowest BCUT2D eigenvalue weighted by molar-refractivity contribution is 0.0905. The Labute approximate surface area is 116 Å². The van der Waals surface area contributed by atoms with Crippen LogP contribution in [0.3, 0.4) is 0 Å². The maximum absolute atomic E-state index is 11.9. The highest BCUT2D eigenvalue weighted by molar-refractivity contribution is 5.91. The van der Waals surface area contributed by atoms with E-state index in [0.29, 0.717) is 0 Å². The van der Waals surface area contributed by atoms with E-state index in [0.717, 1.165) is 31.7 Å². The van der Waals surface area contributed by atoms with E-state index in [1.54, 1.807) is 18.6 Å². The van der Waals surface area contributed by atoms with Crippen molar-refractivity contribution in [1.82, 2.24) is 20.3 Å². The number of nitrogens with one attached hydrogen (secondary N) is 1. The molecule has 0 bridgehead atoms. The van der Waals surface area contributed by atoms with Gasteiger partial charge in [-0.3, -0.25) is 9.78 Å². The number of anilines is 1. The zero-order valence-electron chi connectivity index (χ0n) is 10.9. The first-order valence-electron chi connectivity index (χ1n) is 6.53. The van der Waals surface area contributed by atoms with E-state index in [-0.39, 0.29) is 17.7 Å². The van der Waals surface area contributed by atoms with Crippen LogP contribution in [0.15, 0.2) is 35.6 Å². The van der Waals surface area contributed by atoms with Crippen molar-refractivity contribution in [2.75, 3.05) is 18.0 Å². The molecule has 3 heterocycles. The lowest BCUT2D eigenvalue weighted by atomic mass is 10.1. The predicted octanol–water partition coefficient (Wildman–Crippen LogP) is 0.863. The van der Waals surface area contributed by atoms with E-state index in [1.807, 2.05) is 0 Å². The number of hydrogen-bond acceptors (Lipinski definition) is 6. The first-order valence-corrected chi connectivity index (χ1v) is 6.53. The number of oxazole rings is 1. The normalized spacial score (nSPS) is 18.8. The minimum Gasteiger partial charge on any atom is -0.438 e. The quantitative estimate of drug-likeness (QED) is 0.893. The molecule has 0 aromatic carbocycles. The van der Waals surface area contributed by atoms with Crippen LogP contribution < -0.4 is 10.2 Å². The summed E-state index contributed by atoms with van der Waals surface area (Å²) in [6, 6.07) is 0.0726. The molecule has 7 heteroatoms. The zero-order chi connectivity index (χ0) is 13.8. The van der Waals surface area contributed by atoms with Crippen molar-refractivity contribution >= 4 is 11.7 Å². The Kier molecular flexibility index (Phi) is 3.58. The molecule has 0 saturated carbocycles. The Morgan fingerprint density at radius 2 is 2.30 bits per heavy atom. The van der Waals surface area contributed by atoms with Crippen molar-refractivity contribution in [2.45, 2.75) is 18.9 Å². The average Bonchev–Trinajstić information content (AvgIpc) is 3.03. The molecule has 2 aromatic rings. The van der Waals surface area contributed by atoms with Crippen molar-refractivity contribution in [3.05, 3.63) is 36.9 Å². The summed E-state index contributed by atoms with van der Waals surface area (Å²) in [6.07, 6.45) is 9.66. The van der Waals surface area contributed by atoms with E-state index in [4.69, 9.17) is 4.42 Å². The van der Waals surface area contributed by atoms with Crippen LogP contribution in [0.25, 0.3) is 0 Å². The Bertz CT molecular complexity index is 557. The predicted molar refractivity (Wildman–Crippen MR) is 71.2 cm³/mol. The Morgan fingerprint density at radius 1 is 1.35 bits per heavy atom. The molecular weight excluding hydrogens is 258 g/mol. The molecule has 1 aliphatic rings. The molecule has 1 amide bonds. The van der Waals surface area contributed by atoms with Crippen molar-refractivity contribution in [3.8, 4) is 0 Å². The third-order valence-corrected chi connectivity index (χ3v) is 3.29. The fourth-order valence-corrected chi connectivity index (χ4v) is 2.34. The summed E-state index contributed by atoms with van der Waals surface area (Å²) in [7, 11) is 0. The van der Waals surface area contributed by atoms with Crippen LogP contribution in [0.2, 0.25) is 0 Å². The molecule has 0 unspecified atom stereocenters. The van der Waals surface area contributed by atoms with Crippen molar-refractivity contribution in [3.63, 3.8) is 0 Å². The van der Waals surface area contributed by atoms with Gasteiger partial charge < -0.3 is 14.6 Å². The van der Waals surface area contributed by atoms with Gasteiger partial charge in [0.25, 0.3) is 5.91 Å². The first kappa shape index (κ1) is 12.6. The Morgan fingerprint density at radius 3 is 3.05 bits per heavy atom. The van der Waals surface area contributed by atoms with Gasteiger partial charge in [-0.15, -0.1) is 0 Å². The van der Waals surface area contributed by atoms with Gasteiger partial charge in [-0.05, 0) is 12.8 Å². The Hall–Kier alpha value is -2.44.